The Balaban J connectivity index is 1.95. The minimum absolute atomic E-state index is 0.0433. The van der Waals surface area contributed by atoms with Crippen LogP contribution >= 0.6 is 0 Å². The van der Waals surface area contributed by atoms with Gasteiger partial charge in [0.2, 0.25) is 0 Å². The standard InChI is InChI=1S/C15H20N4O/c1-18(2)14-7-5-4-6-13(14)15(20)16-9-8-12-10-17-19(3)11-12/h4-7,10-11H,8-9H2,1-3H3,(H,16,20). The number of anilines is 1. The number of benzene rings is 1. The predicted octanol–water partition coefficient (Wildman–Crippen LogP) is 1.46. The fraction of sp³-hybridized carbons (Fsp3) is 0.333. The van der Waals surface area contributed by atoms with Crippen molar-refractivity contribution in [2.75, 3.05) is 25.5 Å². The predicted molar refractivity (Wildman–Crippen MR) is 80.0 cm³/mol. The third-order valence-electron chi connectivity index (χ3n) is 3.09. The number of amides is 1. The van der Waals surface area contributed by atoms with Crippen LogP contribution in [0.2, 0.25) is 0 Å². The Morgan fingerprint density at radius 1 is 1.35 bits per heavy atom. The summed E-state index contributed by atoms with van der Waals surface area (Å²) in [7, 11) is 5.75. The third-order valence-corrected chi connectivity index (χ3v) is 3.09. The van der Waals surface area contributed by atoms with Crippen molar-refractivity contribution in [3.05, 3.63) is 47.8 Å². The number of hydrogen-bond donors (Lipinski definition) is 1. The van der Waals surface area contributed by atoms with Crippen LogP contribution in [0.25, 0.3) is 0 Å². The van der Waals surface area contributed by atoms with E-state index in [0.29, 0.717) is 12.1 Å². The first-order chi connectivity index (χ1) is 9.58. The molecule has 2 rings (SSSR count). The maximum atomic E-state index is 12.2. The molecule has 20 heavy (non-hydrogen) atoms. The average molecular weight is 272 g/mol. The molecule has 1 aromatic carbocycles. The highest BCUT2D eigenvalue weighted by atomic mass is 16.1. The molecule has 5 nitrogen and oxygen atoms in total. The van der Waals surface area contributed by atoms with E-state index in [4.69, 9.17) is 0 Å². The molecule has 5 heteroatoms. The van der Waals surface area contributed by atoms with Gasteiger partial charge in [-0.15, -0.1) is 0 Å². The normalized spacial score (nSPS) is 10.3. The average Bonchev–Trinajstić information content (AvgIpc) is 2.84. The van der Waals surface area contributed by atoms with Crippen molar-refractivity contribution in [1.29, 1.82) is 0 Å². The zero-order valence-electron chi connectivity index (χ0n) is 12.1. The van der Waals surface area contributed by atoms with Gasteiger partial charge in [0.25, 0.3) is 5.91 Å². The van der Waals surface area contributed by atoms with Gasteiger partial charge >= 0.3 is 0 Å². The molecule has 2 aromatic rings. The number of carbonyl (C=O) groups excluding carboxylic acids is 1. The Hall–Kier alpha value is -2.30. The fourth-order valence-corrected chi connectivity index (χ4v) is 2.07. The van der Waals surface area contributed by atoms with Crippen molar-refractivity contribution in [3.63, 3.8) is 0 Å². The number of para-hydroxylation sites is 1. The summed E-state index contributed by atoms with van der Waals surface area (Å²) in [6, 6.07) is 7.59. The molecule has 1 aromatic heterocycles. The molecule has 0 unspecified atom stereocenters. The molecule has 0 aliphatic heterocycles. The molecule has 0 fully saturated rings. The monoisotopic (exact) mass is 272 g/mol. The first-order valence-corrected chi connectivity index (χ1v) is 6.60. The minimum atomic E-state index is -0.0433. The molecule has 106 valence electrons. The van der Waals surface area contributed by atoms with E-state index < -0.39 is 0 Å². The van der Waals surface area contributed by atoms with Crippen molar-refractivity contribution in [2.45, 2.75) is 6.42 Å². The van der Waals surface area contributed by atoms with Gasteiger partial charge in [0.1, 0.15) is 0 Å². The summed E-state index contributed by atoms with van der Waals surface area (Å²) < 4.78 is 1.76. The van der Waals surface area contributed by atoms with Gasteiger partial charge in [-0.3, -0.25) is 9.48 Å². The smallest absolute Gasteiger partial charge is 0.253 e. The molecule has 1 heterocycles. The van der Waals surface area contributed by atoms with Crippen molar-refractivity contribution < 1.29 is 4.79 Å². The van der Waals surface area contributed by atoms with Gasteiger partial charge in [-0.05, 0) is 24.1 Å². The lowest BCUT2D eigenvalue weighted by atomic mass is 10.1. The van der Waals surface area contributed by atoms with Crippen LogP contribution in [0.5, 0.6) is 0 Å². The number of carbonyl (C=O) groups is 1. The molecule has 1 N–H and O–H groups in total. The zero-order chi connectivity index (χ0) is 14.5. The molecule has 0 aliphatic carbocycles. The lowest BCUT2D eigenvalue weighted by Crippen LogP contribution is -2.27. The Labute approximate surface area is 119 Å². The van der Waals surface area contributed by atoms with Crippen LogP contribution in [0.15, 0.2) is 36.7 Å². The van der Waals surface area contributed by atoms with Crippen LogP contribution in [0.4, 0.5) is 5.69 Å². The second-order valence-corrected chi connectivity index (χ2v) is 4.94. The Kier molecular flexibility index (Phi) is 4.40. The second kappa shape index (κ2) is 6.23. The van der Waals surface area contributed by atoms with E-state index in [2.05, 4.69) is 10.4 Å². The lowest BCUT2D eigenvalue weighted by molar-refractivity contribution is 0.0954. The Bertz CT molecular complexity index is 589. The van der Waals surface area contributed by atoms with Gasteiger partial charge in [0.15, 0.2) is 0 Å². The molecule has 0 atom stereocenters. The molecule has 0 spiro atoms. The van der Waals surface area contributed by atoms with Gasteiger partial charge in [-0.25, -0.2) is 0 Å². The summed E-state index contributed by atoms with van der Waals surface area (Å²) in [5, 5.41) is 7.06. The van der Waals surface area contributed by atoms with Crippen molar-refractivity contribution >= 4 is 11.6 Å². The van der Waals surface area contributed by atoms with Crippen LogP contribution in [-0.4, -0.2) is 36.3 Å². The maximum Gasteiger partial charge on any atom is 0.253 e. The first kappa shape index (κ1) is 14.1. The minimum Gasteiger partial charge on any atom is -0.377 e. The number of rotatable bonds is 5. The van der Waals surface area contributed by atoms with Gasteiger partial charge in [-0.2, -0.15) is 5.10 Å². The molecule has 0 radical (unpaired) electrons. The summed E-state index contributed by atoms with van der Waals surface area (Å²) >= 11 is 0. The maximum absolute atomic E-state index is 12.2. The SMILES string of the molecule is CN(C)c1ccccc1C(=O)NCCc1cnn(C)c1. The summed E-state index contributed by atoms with van der Waals surface area (Å²) in [5.74, 6) is -0.0433. The summed E-state index contributed by atoms with van der Waals surface area (Å²) in [6.45, 7) is 0.603. The summed E-state index contributed by atoms with van der Waals surface area (Å²) in [6.07, 6.45) is 4.56. The molecule has 0 saturated carbocycles. The molecule has 0 bridgehead atoms. The molecule has 0 saturated heterocycles. The number of aryl methyl sites for hydroxylation is 1. The van der Waals surface area contributed by atoms with E-state index in [9.17, 15) is 4.79 Å². The lowest BCUT2D eigenvalue weighted by Gasteiger charge is -2.16. The van der Waals surface area contributed by atoms with Crippen LogP contribution in [0, 0.1) is 0 Å². The molecule has 0 aliphatic rings. The molecular formula is C15H20N4O. The Morgan fingerprint density at radius 2 is 2.10 bits per heavy atom. The highest BCUT2D eigenvalue weighted by molar-refractivity contribution is 5.99. The number of hydrogen-bond acceptors (Lipinski definition) is 3. The van der Waals surface area contributed by atoms with E-state index in [1.165, 1.54) is 0 Å². The van der Waals surface area contributed by atoms with Crippen LogP contribution in [0.3, 0.4) is 0 Å². The Morgan fingerprint density at radius 3 is 2.75 bits per heavy atom. The topological polar surface area (TPSA) is 50.2 Å². The van der Waals surface area contributed by atoms with Crippen LogP contribution in [0.1, 0.15) is 15.9 Å². The van der Waals surface area contributed by atoms with Gasteiger partial charge in [0, 0.05) is 39.6 Å². The van der Waals surface area contributed by atoms with E-state index in [-0.39, 0.29) is 5.91 Å². The van der Waals surface area contributed by atoms with Crippen molar-refractivity contribution in [1.82, 2.24) is 15.1 Å². The fourth-order valence-electron chi connectivity index (χ4n) is 2.07. The van der Waals surface area contributed by atoms with Crippen molar-refractivity contribution in [2.24, 2.45) is 7.05 Å². The third kappa shape index (κ3) is 3.38. The summed E-state index contributed by atoms with van der Waals surface area (Å²) in [5.41, 5.74) is 2.74. The summed E-state index contributed by atoms with van der Waals surface area (Å²) in [4.78, 5) is 14.1. The van der Waals surface area contributed by atoms with Gasteiger partial charge in [-0.1, -0.05) is 12.1 Å². The number of nitrogens with one attached hydrogen (secondary N) is 1. The number of nitrogens with zero attached hydrogens (tertiary/aromatic N) is 3. The van der Waals surface area contributed by atoms with E-state index in [0.717, 1.165) is 17.7 Å². The van der Waals surface area contributed by atoms with Crippen molar-refractivity contribution in [3.8, 4) is 0 Å². The van der Waals surface area contributed by atoms with Crippen LogP contribution < -0.4 is 10.2 Å². The molecular weight excluding hydrogens is 252 g/mol. The van der Waals surface area contributed by atoms with E-state index >= 15 is 0 Å². The van der Waals surface area contributed by atoms with Gasteiger partial charge < -0.3 is 10.2 Å². The highest BCUT2D eigenvalue weighted by Crippen LogP contribution is 2.17. The van der Waals surface area contributed by atoms with Crippen LogP contribution in [-0.2, 0) is 13.5 Å². The number of aromatic nitrogens is 2. The second-order valence-electron chi connectivity index (χ2n) is 4.94. The zero-order valence-corrected chi connectivity index (χ0v) is 12.1. The quantitative estimate of drug-likeness (QED) is 0.896. The highest BCUT2D eigenvalue weighted by Gasteiger charge is 2.11. The largest absolute Gasteiger partial charge is 0.377 e. The van der Waals surface area contributed by atoms with Gasteiger partial charge in [0.05, 0.1) is 11.8 Å². The van der Waals surface area contributed by atoms with E-state index in [1.54, 1.807) is 4.68 Å². The molecule has 1 amide bonds. The van der Waals surface area contributed by atoms with E-state index in [1.807, 2.05) is 62.7 Å². The first-order valence-electron chi connectivity index (χ1n) is 6.60.